The molecule has 3 aromatic rings. The van der Waals surface area contributed by atoms with Crippen molar-refractivity contribution in [2.24, 2.45) is 0 Å². The highest BCUT2D eigenvalue weighted by Crippen LogP contribution is 2.18. The average molecular weight is 437 g/mol. The summed E-state index contributed by atoms with van der Waals surface area (Å²) < 4.78 is 10.3. The smallest absolute Gasteiger partial charge is 0.331 e. The lowest BCUT2D eigenvalue weighted by atomic mass is 10.1. The van der Waals surface area contributed by atoms with Gasteiger partial charge in [-0.3, -0.25) is 4.90 Å². The number of carboxylic acids is 1. The van der Waals surface area contributed by atoms with Crippen LogP contribution in [0.3, 0.4) is 0 Å². The maximum absolute atomic E-state index is 11.4. The summed E-state index contributed by atoms with van der Waals surface area (Å²) in [4.78, 5) is 24.0. The number of benzene rings is 2. The predicted molar refractivity (Wildman–Crippen MR) is 121 cm³/mol. The second-order valence-electron chi connectivity index (χ2n) is 7.55. The molecule has 32 heavy (non-hydrogen) atoms. The molecule has 0 aliphatic carbocycles. The second-order valence-corrected chi connectivity index (χ2v) is 7.55. The van der Waals surface area contributed by atoms with Gasteiger partial charge in [-0.25, -0.2) is 9.59 Å². The van der Waals surface area contributed by atoms with Gasteiger partial charge in [-0.05, 0) is 37.0 Å². The Morgan fingerprint density at radius 1 is 1.09 bits per heavy atom. The number of aromatic nitrogens is 1. The highest BCUT2D eigenvalue weighted by molar-refractivity contribution is 5.90. The Labute approximate surface area is 187 Å². The number of carbonyl (C=O) groups is 2. The van der Waals surface area contributed by atoms with E-state index in [1.54, 1.807) is 0 Å². The fourth-order valence-corrected chi connectivity index (χ4v) is 3.56. The number of aliphatic carboxylic acids is 1. The molecule has 1 saturated heterocycles. The molecule has 0 unspecified atom stereocenters. The first-order valence-corrected chi connectivity index (χ1v) is 10.8. The summed E-state index contributed by atoms with van der Waals surface area (Å²) >= 11 is 0. The lowest BCUT2D eigenvalue weighted by Crippen LogP contribution is -2.37. The van der Waals surface area contributed by atoms with Crippen LogP contribution in [-0.2, 0) is 27.3 Å². The molecule has 1 aliphatic heterocycles. The van der Waals surface area contributed by atoms with Gasteiger partial charge in [0.25, 0.3) is 0 Å². The first-order chi connectivity index (χ1) is 15.5. The van der Waals surface area contributed by atoms with E-state index in [2.05, 4.69) is 29.1 Å². The molecule has 0 atom stereocenters. The van der Waals surface area contributed by atoms with Gasteiger partial charge < -0.3 is 14.4 Å². The van der Waals surface area contributed by atoms with Gasteiger partial charge in [-0.15, -0.1) is 0 Å². The number of aryl methyl sites for hydroxylation is 1. The van der Waals surface area contributed by atoms with Crippen LogP contribution in [0.2, 0.25) is 0 Å². The van der Waals surface area contributed by atoms with Crippen molar-refractivity contribution in [1.82, 2.24) is 10.1 Å². The highest BCUT2D eigenvalue weighted by atomic mass is 16.5. The van der Waals surface area contributed by atoms with E-state index in [-0.39, 0.29) is 6.10 Å². The van der Waals surface area contributed by atoms with Gasteiger partial charge in [0.1, 0.15) is 6.10 Å². The van der Waals surface area contributed by atoms with Crippen LogP contribution in [0.5, 0.6) is 0 Å². The number of likely N-dealkylation sites (tertiary alicyclic amines) is 1. The van der Waals surface area contributed by atoms with Crippen LogP contribution in [0, 0.1) is 0 Å². The maximum atomic E-state index is 11.4. The molecule has 1 N–H and O–H groups in total. The second kappa shape index (κ2) is 11.8. The molecule has 0 saturated carbocycles. The molecule has 0 amide bonds. The Morgan fingerprint density at radius 3 is 2.47 bits per heavy atom. The van der Waals surface area contributed by atoms with Crippen LogP contribution in [0.1, 0.15) is 31.0 Å². The predicted octanol–water partition coefficient (Wildman–Crippen LogP) is 4.23. The third kappa shape index (κ3) is 7.06. The average Bonchev–Trinajstić information content (AvgIpc) is 3.23. The number of ether oxygens (including phenoxy) is 1. The number of hydrogen-bond donors (Lipinski definition) is 1. The van der Waals surface area contributed by atoms with E-state index in [1.165, 1.54) is 5.56 Å². The number of piperidine rings is 1. The number of nitrogens with zero attached hydrogens (tertiary/aromatic N) is 2. The minimum Gasteiger partial charge on any atom is -0.478 e. The van der Waals surface area contributed by atoms with Gasteiger partial charge >= 0.3 is 11.9 Å². The number of carbonyl (C=O) groups excluding carboxylic acids is 1. The third-order valence-electron chi connectivity index (χ3n) is 5.22. The van der Waals surface area contributed by atoms with Crippen molar-refractivity contribution in [3.8, 4) is 0 Å². The molecule has 7 nitrogen and oxygen atoms in total. The van der Waals surface area contributed by atoms with Gasteiger partial charge in [0.2, 0.25) is 0 Å². The number of carboxylic acid groups (broad SMARTS) is 1. The SMILES string of the molecule is CCc1noc2ccccc12.O=C(O)/C=C\C(=O)OC1CCN(Cc2ccccc2)CC1. The Balaban J connectivity index is 0.000000219. The van der Waals surface area contributed by atoms with E-state index in [9.17, 15) is 9.59 Å². The molecule has 1 aliphatic rings. The summed E-state index contributed by atoms with van der Waals surface area (Å²) in [5.41, 5.74) is 3.20. The molecular weight excluding hydrogens is 408 g/mol. The maximum Gasteiger partial charge on any atom is 0.331 e. The quantitative estimate of drug-likeness (QED) is 0.457. The molecule has 0 spiro atoms. The Morgan fingerprint density at radius 2 is 1.78 bits per heavy atom. The zero-order chi connectivity index (χ0) is 22.8. The Hall–Kier alpha value is -3.45. The summed E-state index contributed by atoms with van der Waals surface area (Å²) in [6.45, 7) is 4.72. The molecule has 0 radical (unpaired) electrons. The van der Waals surface area contributed by atoms with Crippen LogP contribution in [0.4, 0.5) is 0 Å². The van der Waals surface area contributed by atoms with E-state index in [0.29, 0.717) is 0 Å². The first-order valence-electron chi connectivity index (χ1n) is 10.8. The number of hydrogen-bond acceptors (Lipinski definition) is 6. The summed E-state index contributed by atoms with van der Waals surface area (Å²) in [5.74, 6) is -1.73. The van der Waals surface area contributed by atoms with Crippen LogP contribution in [0.25, 0.3) is 11.0 Å². The number of rotatable bonds is 6. The molecule has 7 heteroatoms. The fraction of sp³-hybridized carbons (Fsp3) is 0.320. The first kappa shape index (κ1) is 23.2. The van der Waals surface area contributed by atoms with E-state index in [4.69, 9.17) is 14.4 Å². The van der Waals surface area contributed by atoms with Crippen LogP contribution < -0.4 is 0 Å². The van der Waals surface area contributed by atoms with Crippen molar-refractivity contribution < 1.29 is 24.0 Å². The van der Waals surface area contributed by atoms with Crippen LogP contribution >= 0.6 is 0 Å². The normalized spacial score (nSPS) is 14.8. The third-order valence-corrected chi connectivity index (χ3v) is 5.22. The molecule has 2 aromatic carbocycles. The minimum atomic E-state index is -1.15. The largest absolute Gasteiger partial charge is 0.478 e. The van der Waals surface area contributed by atoms with E-state index in [0.717, 1.165) is 67.7 Å². The Bertz CT molecular complexity index is 1040. The summed E-state index contributed by atoms with van der Waals surface area (Å²) in [7, 11) is 0. The van der Waals surface area contributed by atoms with Crippen molar-refractivity contribution in [1.29, 1.82) is 0 Å². The standard InChI is InChI=1S/C16H19NO4.C9H9NO/c18-15(19)6-7-16(20)21-14-8-10-17(11-9-14)12-13-4-2-1-3-5-13;1-2-8-7-5-3-4-6-9(7)11-10-8/h1-7,14H,8-12H2,(H,18,19);3-6H,2H2,1H3/b7-6-;. The summed E-state index contributed by atoms with van der Waals surface area (Å²) in [5, 5.41) is 13.5. The topological polar surface area (TPSA) is 92.9 Å². The highest BCUT2D eigenvalue weighted by Gasteiger charge is 2.21. The van der Waals surface area contributed by atoms with E-state index >= 15 is 0 Å². The van der Waals surface area contributed by atoms with Crippen molar-refractivity contribution in [3.05, 3.63) is 78.0 Å². The van der Waals surface area contributed by atoms with Crippen molar-refractivity contribution in [2.75, 3.05) is 13.1 Å². The molecule has 2 heterocycles. The fourth-order valence-electron chi connectivity index (χ4n) is 3.56. The van der Waals surface area contributed by atoms with Gasteiger partial charge in [0.05, 0.1) is 5.69 Å². The zero-order valence-electron chi connectivity index (χ0n) is 18.1. The van der Waals surface area contributed by atoms with Gasteiger partial charge in [0, 0.05) is 37.2 Å². The molecule has 168 valence electrons. The lowest BCUT2D eigenvalue weighted by Gasteiger charge is -2.31. The minimum absolute atomic E-state index is 0.122. The number of esters is 1. The molecule has 4 rings (SSSR count). The molecule has 0 bridgehead atoms. The summed E-state index contributed by atoms with van der Waals surface area (Å²) in [6.07, 6.45) is 4.12. The zero-order valence-corrected chi connectivity index (χ0v) is 18.1. The van der Waals surface area contributed by atoms with Crippen molar-refractivity contribution >= 4 is 22.9 Å². The van der Waals surface area contributed by atoms with E-state index in [1.807, 2.05) is 42.5 Å². The molecule has 1 fully saturated rings. The lowest BCUT2D eigenvalue weighted by molar-refractivity contribution is -0.145. The summed E-state index contributed by atoms with van der Waals surface area (Å²) in [6, 6.07) is 18.2. The van der Waals surface area contributed by atoms with Crippen LogP contribution in [-0.4, -0.2) is 46.3 Å². The number of fused-ring (bicyclic) bond motifs is 1. The number of para-hydroxylation sites is 1. The van der Waals surface area contributed by atoms with Crippen molar-refractivity contribution in [2.45, 2.75) is 38.8 Å². The molecule has 1 aromatic heterocycles. The van der Waals surface area contributed by atoms with Crippen LogP contribution in [0.15, 0.2) is 71.3 Å². The van der Waals surface area contributed by atoms with Crippen molar-refractivity contribution in [3.63, 3.8) is 0 Å². The monoisotopic (exact) mass is 436 g/mol. The Kier molecular flexibility index (Phi) is 8.57. The van der Waals surface area contributed by atoms with Gasteiger partial charge in [-0.1, -0.05) is 54.5 Å². The molecular formula is C25H28N2O5. The van der Waals surface area contributed by atoms with Gasteiger partial charge in [-0.2, -0.15) is 0 Å². The van der Waals surface area contributed by atoms with E-state index < -0.39 is 11.9 Å². The van der Waals surface area contributed by atoms with Gasteiger partial charge in [0.15, 0.2) is 5.58 Å².